The third-order valence-electron chi connectivity index (χ3n) is 5.19. The summed E-state index contributed by atoms with van der Waals surface area (Å²) in [5.41, 5.74) is 7.45. The molecule has 3 nitrogen and oxygen atoms in total. The van der Waals surface area contributed by atoms with E-state index >= 15 is 4.39 Å². The fourth-order valence-corrected chi connectivity index (χ4v) is 3.69. The summed E-state index contributed by atoms with van der Waals surface area (Å²) >= 11 is 0. The minimum absolute atomic E-state index is 0.0426. The lowest BCUT2D eigenvalue weighted by molar-refractivity contribution is -0.137. The molecule has 2 aromatic rings. The van der Waals surface area contributed by atoms with Gasteiger partial charge in [-0.1, -0.05) is 6.07 Å². The molecule has 0 amide bonds. The topological polar surface area (TPSA) is 63.3 Å². The monoisotopic (exact) mass is 377 g/mol. The number of benzene rings is 2. The predicted octanol–water partition coefficient (Wildman–Crippen LogP) is 5.05. The first-order chi connectivity index (χ1) is 12.6. The number of halogens is 3. The summed E-state index contributed by atoms with van der Waals surface area (Å²) in [6, 6.07) is 1.72. The Kier molecular flexibility index (Phi) is 5.04. The van der Waals surface area contributed by atoms with Crippen LogP contribution in [0, 0.1) is 38.2 Å². The highest BCUT2D eigenvalue weighted by molar-refractivity contribution is 5.74. The Morgan fingerprint density at radius 2 is 1.74 bits per heavy atom. The van der Waals surface area contributed by atoms with Crippen molar-refractivity contribution in [3.8, 4) is 11.1 Å². The van der Waals surface area contributed by atoms with Gasteiger partial charge in [0, 0.05) is 17.2 Å². The molecule has 0 radical (unpaired) electrons. The van der Waals surface area contributed by atoms with Crippen molar-refractivity contribution in [3.63, 3.8) is 0 Å². The molecule has 144 valence electrons. The van der Waals surface area contributed by atoms with Crippen LogP contribution >= 0.6 is 0 Å². The van der Waals surface area contributed by atoms with Gasteiger partial charge in [0.25, 0.3) is 0 Å². The Balaban J connectivity index is 2.22. The Morgan fingerprint density at radius 3 is 2.30 bits per heavy atom. The van der Waals surface area contributed by atoms with Crippen molar-refractivity contribution in [2.75, 3.05) is 0 Å². The summed E-state index contributed by atoms with van der Waals surface area (Å²) in [6.07, 6.45) is 1.27. The van der Waals surface area contributed by atoms with Gasteiger partial charge in [0.15, 0.2) is 0 Å². The van der Waals surface area contributed by atoms with Crippen molar-refractivity contribution in [1.82, 2.24) is 0 Å². The maximum absolute atomic E-state index is 15.2. The lowest BCUT2D eigenvalue weighted by atomic mass is 9.88. The van der Waals surface area contributed by atoms with Gasteiger partial charge in [-0.15, -0.1) is 0 Å². The van der Waals surface area contributed by atoms with E-state index in [1.54, 1.807) is 19.9 Å². The van der Waals surface area contributed by atoms with Crippen molar-refractivity contribution in [3.05, 3.63) is 57.4 Å². The van der Waals surface area contributed by atoms with Crippen LogP contribution in [-0.2, 0) is 4.79 Å². The van der Waals surface area contributed by atoms with Gasteiger partial charge >= 0.3 is 5.97 Å². The maximum Gasteiger partial charge on any atom is 0.305 e. The molecule has 1 aliphatic carbocycles. The van der Waals surface area contributed by atoms with Crippen LogP contribution in [0.3, 0.4) is 0 Å². The van der Waals surface area contributed by atoms with Gasteiger partial charge < -0.3 is 10.8 Å². The van der Waals surface area contributed by atoms with E-state index in [-0.39, 0.29) is 22.9 Å². The van der Waals surface area contributed by atoms with E-state index in [0.29, 0.717) is 22.3 Å². The van der Waals surface area contributed by atoms with Gasteiger partial charge in [0.05, 0.1) is 6.42 Å². The number of aliphatic carboxylic acids is 1. The summed E-state index contributed by atoms with van der Waals surface area (Å²) in [7, 11) is 0. The van der Waals surface area contributed by atoms with Crippen LogP contribution < -0.4 is 5.73 Å². The van der Waals surface area contributed by atoms with E-state index < -0.39 is 35.6 Å². The molecular weight excluding hydrogens is 355 g/mol. The van der Waals surface area contributed by atoms with E-state index in [1.165, 1.54) is 13.0 Å². The molecule has 3 rings (SSSR count). The lowest BCUT2D eigenvalue weighted by Gasteiger charge is -2.20. The third-order valence-corrected chi connectivity index (χ3v) is 5.19. The molecule has 0 saturated heterocycles. The summed E-state index contributed by atoms with van der Waals surface area (Å²) in [5.74, 6) is -3.21. The minimum atomic E-state index is -1.34. The number of nitrogens with two attached hydrogens (primary N) is 1. The zero-order chi connectivity index (χ0) is 20.0. The first-order valence-corrected chi connectivity index (χ1v) is 8.89. The molecule has 1 aliphatic rings. The standard InChI is InChI=1S/C21H22F3NO2/c1-9-6-13(12-4-5-12)20(23)11(3)17(9)14-7-10(2)19(22)18(21(14)24)15(25)8-16(26)27/h6-7,12,15H,4-5,8,25H2,1-3H3,(H,26,27). The first-order valence-electron chi connectivity index (χ1n) is 8.89. The molecule has 1 unspecified atom stereocenters. The van der Waals surface area contributed by atoms with Gasteiger partial charge in [-0.25, -0.2) is 13.2 Å². The molecule has 0 bridgehead atoms. The van der Waals surface area contributed by atoms with Crippen molar-refractivity contribution in [2.24, 2.45) is 5.73 Å². The van der Waals surface area contributed by atoms with Crippen LogP contribution in [0.15, 0.2) is 12.1 Å². The zero-order valence-corrected chi connectivity index (χ0v) is 15.5. The second kappa shape index (κ2) is 7.00. The molecule has 3 N–H and O–H groups in total. The molecule has 1 atom stereocenters. The molecule has 27 heavy (non-hydrogen) atoms. The molecule has 6 heteroatoms. The van der Waals surface area contributed by atoms with Crippen molar-refractivity contribution >= 4 is 5.97 Å². The summed E-state index contributed by atoms with van der Waals surface area (Å²) < 4.78 is 44.6. The molecule has 0 heterocycles. The lowest BCUT2D eigenvalue weighted by Crippen LogP contribution is -2.19. The maximum atomic E-state index is 15.2. The van der Waals surface area contributed by atoms with Crippen LogP contribution in [0.25, 0.3) is 11.1 Å². The zero-order valence-electron chi connectivity index (χ0n) is 15.5. The molecule has 1 saturated carbocycles. The van der Waals surface area contributed by atoms with Gasteiger partial charge in [-0.3, -0.25) is 4.79 Å². The van der Waals surface area contributed by atoms with Gasteiger partial charge in [-0.2, -0.15) is 0 Å². The predicted molar refractivity (Wildman–Crippen MR) is 97.1 cm³/mol. The number of hydrogen-bond donors (Lipinski definition) is 2. The van der Waals surface area contributed by atoms with Gasteiger partial charge in [0.2, 0.25) is 0 Å². The Bertz CT molecular complexity index is 936. The van der Waals surface area contributed by atoms with Crippen LogP contribution in [0.2, 0.25) is 0 Å². The SMILES string of the molecule is Cc1cc(-c2c(C)cc(C3CC3)c(F)c2C)c(F)c(C(N)CC(=O)O)c1F. The Labute approximate surface area is 156 Å². The number of rotatable bonds is 5. The molecule has 2 aromatic carbocycles. The summed E-state index contributed by atoms with van der Waals surface area (Å²) in [6.45, 7) is 4.80. The highest BCUT2D eigenvalue weighted by Crippen LogP contribution is 2.45. The van der Waals surface area contributed by atoms with Crippen LogP contribution in [0.4, 0.5) is 13.2 Å². The molecule has 0 spiro atoms. The second-order valence-electron chi connectivity index (χ2n) is 7.36. The molecule has 0 aromatic heterocycles. The summed E-state index contributed by atoms with van der Waals surface area (Å²) in [4.78, 5) is 10.9. The van der Waals surface area contributed by atoms with Gasteiger partial charge in [-0.05, 0) is 73.4 Å². The van der Waals surface area contributed by atoms with Crippen molar-refractivity contribution in [1.29, 1.82) is 0 Å². The fraction of sp³-hybridized carbons (Fsp3) is 0.381. The average Bonchev–Trinajstić information content (AvgIpc) is 3.40. The number of carboxylic acid groups (broad SMARTS) is 1. The molecule has 0 aliphatic heterocycles. The normalized spacial score (nSPS) is 15.1. The van der Waals surface area contributed by atoms with E-state index in [4.69, 9.17) is 10.8 Å². The fourth-order valence-electron chi connectivity index (χ4n) is 3.69. The smallest absolute Gasteiger partial charge is 0.305 e. The largest absolute Gasteiger partial charge is 0.481 e. The first kappa shape index (κ1) is 19.4. The highest BCUT2D eigenvalue weighted by atomic mass is 19.1. The van der Waals surface area contributed by atoms with E-state index in [9.17, 15) is 13.6 Å². The van der Waals surface area contributed by atoms with E-state index in [0.717, 1.165) is 12.8 Å². The summed E-state index contributed by atoms with van der Waals surface area (Å²) in [5, 5.41) is 8.92. The van der Waals surface area contributed by atoms with Crippen molar-refractivity contribution in [2.45, 2.75) is 52.0 Å². The van der Waals surface area contributed by atoms with Crippen LogP contribution in [-0.4, -0.2) is 11.1 Å². The Morgan fingerprint density at radius 1 is 1.11 bits per heavy atom. The van der Waals surface area contributed by atoms with Crippen LogP contribution in [0.5, 0.6) is 0 Å². The third kappa shape index (κ3) is 3.46. The number of carboxylic acids is 1. The van der Waals surface area contributed by atoms with E-state index in [1.807, 2.05) is 0 Å². The average molecular weight is 377 g/mol. The number of hydrogen-bond acceptors (Lipinski definition) is 2. The quantitative estimate of drug-likeness (QED) is 0.767. The highest BCUT2D eigenvalue weighted by Gasteiger charge is 2.30. The molecule has 1 fully saturated rings. The van der Waals surface area contributed by atoms with Crippen molar-refractivity contribution < 1.29 is 23.1 Å². The number of carbonyl (C=O) groups is 1. The number of aryl methyl sites for hydroxylation is 2. The van der Waals surface area contributed by atoms with Crippen LogP contribution in [0.1, 0.15) is 59.0 Å². The minimum Gasteiger partial charge on any atom is -0.481 e. The van der Waals surface area contributed by atoms with E-state index in [2.05, 4.69) is 0 Å². The Hall–Kier alpha value is -2.34. The van der Waals surface area contributed by atoms with Gasteiger partial charge in [0.1, 0.15) is 17.5 Å². The molecular formula is C21H22F3NO2. The second-order valence-corrected chi connectivity index (χ2v) is 7.36.